The number of anilines is 2. The molecule has 0 bridgehead atoms. The molecule has 74 valence electrons. The quantitative estimate of drug-likeness (QED) is 0.569. The Bertz CT molecular complexity index is 352. The summed E-state index contributed by atoms with van der Waals surface area (Å²) in [6.45, 7) is 1.86. The van der Waals surface area contributed by atoms with Crippen molar-refractivity contribution in [2.75, 3.05) is 30.8 Å². The van der Waals surface area contributed by atoms with Crippen molar-refractivity contribution in [3.05, 3.63) is 30.4 Å². The number of hydrogen-bond donors (Lipinski definition) is 1. The molecule has 0 saturated carbocycles. The standard InChI is InChI=1S/C11H14N2O/c1-14-9-4-5-10(12)11(8-9)13-6-2-3-7-13/h2-5,8H,6-7,12H2,1H3. The second-order valence-corrected chi connectivity index (χ2v) is 3.30. The Morgan fingerprint density at radius 2 is 2.00 bits per heavy atom. The van der Waals surface area contributed by atoms with E-state index < -0.39 is 0 Å². The molecule has 0 aromatic heterocycles. The number of rotatable bonds is 2. The maximum atomic E-state index is 5.90. The summed E-state index contributed by atoms with van der Waals surface area (Å²) in [6.07, 6.45) is 4.28. The molecule has 3 nitrogen and oxygen atoms in total. The molecule has 1 aliphatic heterocycles. The van der Waals surface area contributed by atoms with Gasteiger partial charge in [-0.05, 0) is 12.1 Å². The monoisotopic (exact) mass is 190 g/mol. The number of hydrogen-bond acceptors (Lipinski definition) is 3. The van der Waals surface area contributed by atoms with Crippen LogP contribution in [0.3, 0.4) is 0 Å². The maximum Gasteiger partial charge on any atom is 0.121 e. The van der Waals surface area contributed by atoms with Crippen LogP contribution in [0.4, 0.5) is 11.4 Å². The van der Waals surface area contributed by atoms with E-state index in [1.807, 2.05) is 18.2 Å². The van der Waals surface area contributed by atoms with Gasteiger partial charge in [0.2, 0.25) is 0 Å². The molecule has 1 aromatic carbocycles. The van der Waals surface area contributed by atoms with Gasteiger partial charge in [0.25, 0.3) is 0 Å². The van der Waals surface area contributed by atoms with Crippen molar-refractivity contribution < 1.29 is 4.74 Å². The highest BCUT2D eigenvalue weighted by Crippen LogP contribution is 2.28. The molecule has 0 aliphatic carbocycles. The third kappa shape index (κ3) is 1.53. The molecule has 1 heterocycles. The lowest BCUT2D eigenvalue weighted by Gasteiger charge is -2.20. The van der Waals surface area contributed by atoms with Crippen molar-refractivity contribution in [1.29, 1.82) is 0 Å². The van der Waals surface area contributed by atoms with E-state index in [9.17, 15) is 0 Å². The van der Waals surface area contributed by atoms with Gasteiger partial charge in [-0.15, -0.1) is 0 Å². The number of nitrogen functional groups attached to an aromatic ring is 1. The van der Waals surface area contributed by atoms with Gasteiger partial charge in [0, 0.05) is 19.2 Å². The molecule has 0 saturated heterocycles. The van der Waals surface area contributed by atoms with Crippen LogP contribution >= 0.6 is 0 Å². The van der Waals surface area contributed by atoms with E-state index in [-0.39, 0.29) is 0 Å². The van der Waals surface area contributed by atoms with Gasteiger partial charge in [-0.25, -0.2) is 0 Å². The Morgan fingerprint density at radius 1 is 1.29 bits per heavy atom. The Kier molecular flexibility index (Phi) is 2.31. The molecule has 1 aliphatic rings. The van der Waals surface area contributed by atoms with E-state index in [1.54, 1.807) is 7.11 Å². The van der Waals surface area contributed by atoms with Crippen LogP contribution in [0.25, 0.3) is 0 Å². The van der Waals surface area contributed by atoms with Crippen LogP contribution in [-0.4, -0.2) is 20.2 Å². The largest absolute Gasteiger partial charge is 0.497 e. The van der Waals surface area contributed by atoms with Crippen molar-refractivity contribution >= 4 is 11.4 Å². The molecule has 0 spiro atoms. The van der Waals surface area contributed by atoms with Gasteiger partial charge in [0.05, 0.1) is 18.5 Å². The molecular weight excluding hydrogens is 176 g/mol. The molecule has 14 heavy (non-hydrogen) atoms. The lowest BCUT2D eigenvalue weighted by atomic mass is 10.2. The van der Waals surface area contributed by atoms with E-state index >= 15 is 0 Å². The first kappa shape index (κ1) is 8.94. The Balaban J connectivity index is 2.30. The zero-order valence-electron chi connectivity index (χ0n) is 8.23. The summed E-state index contributed by atoms with van der Waals surface area (Å²) < 4.78 is 5.17. The first-order valence-corrected chi connectivity index (χ1v) is 4.64. The van der Waals surface area contributed by atoms with Crippen LogP contribution in [0, 0.1) is 0 Å². The van der Waals surface area contributed by atoms with E-state index in [0.29, 0.717) is 0 Å². The topological polar surface area (TPSA) is 38.5 Å². The Hall–Kier alpha value is -1.64. The highest BCUT2D eigenvalue weighted by molar-refractivity contribution is 5.70. The SMILES string of the molecule is COc1ccc(N)c(N2CC=CC2)c1. The van der Waals surface area contributed by atoms with Crippen molar-refractivity contribution in [1.82, 2.24) is 0 Å². The number of benzene rings is 1. The first-order chi connectivity index (χ1) is 6.81. The summed E-state index contributed by atoms with van der Waals surface area (Å²) in [5.74, 6) is 0.848. The molecule has 0 atom stereocenters. The minimum atomic E-state index is 0.800. The Morgan fingerprint density at radius 3 is 2.64 bits per heavy atom. The highest BCUT2D eigenvalue weighted by Gasteiger charge is 2.11. The fourth-order valence-corrected chi connectivity index (χ4v) is 1.60. The highest BCUT2D eigenvalue weighted by atomic mass is 16.5. The number of methoxy groups -OCH3 is 1. The predicted octanol–water partition coefficient (Wildman–Crippen LogP) is 1.65. The summed E-state index contributed by atoms with van der Waals surface area (Å²) >= 11 is 0. The zero-order valence-corrected chi connectivity index (χ0v) is 8.23. The molecule has 2 N–H and O–H groups in total. The fourth-order valence-electron chi connectivity index (χ4n) is 1.60. The van der Waals surface area contributed by atoms with E-state index in [2.05, 4.69) is 17.1 Å². The number of ether oxygens (including phenoxy) is 1. The van der Waals surface area contributed by atoms with Gasteiger partial charge in [0.1, 0.15) is 5.75 Å². The summed E-state index contributed by atoms with van der Waals surface area (Å²) in [5.41, 5.74) is 7.75. The second kappa shape index (κ2) is 3.62. The molecule has 0 fully saturated rings. The first-order valence-electron chi connectivity index (χ1n) is 4.64. The molecule has 3 heteroatoms. The second-order valence-electron chi connectivity index (χ2n) is 3.30. The zero-order chi connectivity index (χ0) is 9.97. The van der Waals surface area contributed by atoms with Crippen LogP contribution in [0.5, 0.6) is 5.75 Å². The van der Waals surface area contributed by atoms with Crippen LogP contribution in [0.15, 0.2) is 30.4 Å². The van der Waals surface area contributed by atoms with Crippen LogP contribution in [0.2, 0.25) is 0 Å². The molecule has 0 radical (unpaired) electrons. The van der Waals surface area contributed by atoms with E-state index in [4.69, 9.17) is 10.5 Å². The molecule has 1 aromatic rings. The molecule has 0 unspecified atom stereocenters. The summed E-state index contributed by atoms with van der Waals surface area (Å²) in [7, 11) is 1.66. The fraction of sp³-hybridized carbons (Fsp3) is 0.273. The number of nitrogens with zero attached hydrogens (tertiary/aromatic N) is 1. The maximum absolute atomic E-state index is 5.90. The lowest BCUT2D eigenvalue weighted by molar-refractivity contribution is 0.415. The average molecular weight is 190 g/mol. The molecule has 0 amide bonds. The van der Waals surface area contributed by atoms with Crippen LogP contribution in [-0.2, 0) is 0 Å². The summed E-state index contributed by atoms with van der Waals surface area (Å²) in [4.78, 5) is 2.21. The average Bonchev–Trinajstić information content (AvgIpc) is 2.71. The smallest absolute Gasteiger partial charge is 0.121 e. The van der Waals surface area contributed by atoms with Gasteiger partial charge in [-0.3, -0.25) is 0 Å². The van der Waals surface area contributed by atoms with Crippen LogP contribution in [0.1, 0.15) is 0 Å². The predicted molar refractivity (Wildman–Crippen MR) is 58.8 cm³/mol. The van der Waals surface area contributed by atoms with Crippen molar-refractivity contribution in [3.8, 4) is 5.75 Å². The summed E-state index contributed by atoms with van der Waals surface area (Å²) in [5, 5.41) is 0. The molecule has 2 rings (SSSR count). The van der Waals surface area contributed by atoms with Crippen molar-refractivity contribution in [3.63, 3.8) is 0 Å². The third-order valence-corrected chi connectivity index (χ3v) is 2.40. The van der Waals surface area contributed by atoms with Gasteiger partial charge < -0.3 is 15.4 Å². The van der Waals surface area contributed by atoms with Crippen molar-refractivity contribution in [2.45, 2.75) is 0 Å². The van der Waals surface area contributed by atoms with Crippen LogP contribution < -0.4 is 15.4 Å². The van der Waals surface area contributed by atoms with E-state index in [0.717, 1.165) is 30.2 Å². The normalized spacial score (nSPS) is 14.8. The van der Waals surface area contributed by atoms with Gasteiger partial charge in [-0.1, -0.05) is 12.2 Å². The lowest BCUT2D eigenvalue weighted by Crippen LogP contribution is -2.19. The number of nitrogens with two attached hydrogens (primary N) is 1. The van der Waals surface area contributed by atoms with Gasteiger partial charge in [-0.2, -0.15) is 0 Å². The van der Waals surface area contributed by atoms with Crippen molar-refractivity contribution in [2.24, 2.45) is 0 Å². The van der Waals surface area contributed by atoms with Gasteiger partial charge in [0.15, 0.2) is 0 Å². The minimum Gasteiger partial charge on any atom is -0.497 e. The van der Waals surface area contributed by atoms with Gasteiger partial charge >= 0.3 is 0 Å². The van der Waals surface area contributed by atoms with E-state index in [1.165, 1.54) is 0 Å². The molecular formula is C11H14N2O. The Labute approximate surface area is 83.8 Å². The minimum absolute atomic E-state index is 0.800. The summed E-state index contributed by atoms with van der Waals surface area (Å²) in [6, 6.07) is 5.73. The third-order valence-electron chi connectivity index (χ3n) is 2.40.